The summed E-state index contributed by atoms with van der Waals surface area (Å²) >= 11 is 9.35. The van der Waals surface area contributed by atoms with Gasteiger partial charge in [0.05, 0.1) is 14.9 Å². The van der Waals surface area contributed by atoms with Gasteiger partial charge in [-0.3, -0.25) is 5.32 Å². The predicted molar refractivity (Wildman–Crippen MR) is 140 cm³/mol. The van der Waals surface area contributed by atoms with E-state index < -0.39 is 6.09 Å². The van der Waals surface area contributed by atoms with Crippen LogP contribution in [0.5, 0.6) is 0 Å². The summed E-state index contributed by atoms with van der Waals surface area (Å²) in [5, 5.41) is 6.95. The number of benzene rings is 2. The third-order valence-electron chi connectivity index (χ3n) is 6.00. The predicted octanol–water partition coefficient (Wildman–Crippen LogP) is 9.29. The van der Waals surface area contributed by atoms with Gasteiger partial charge < -0.3 is 4.74 Å². The molecule has 3 nitrogen and oxygen atoms in total. The monoisotopic (exact) mass is 493 g/mol. The van der Waals surface area contributed by atoms with Crippen LogP contribution in [0.4, 0.5) is 10.5 Å². The van der Waals surface area contributed by atoms with Crippen molar-refractivity contribution in [3.8, 4) is 21.6 Å². The lowest BCUT2D eigenvalue weighted by Crippen LogP contribution is -2.16. The molecule has 6 heteroatoms. The zero-order valence-corrected chi connectivity index (χ0v) is 20.8. The van der Waals surface area contributed by atoms with E-state index in [2.05, 4.69) is 59.2 Å². The molecule has 0 bridgehead atoms. The molecule has 1 unspecified atom stereocenters. The Labute approximate surface area is 207 Å². The maximum atomic E-state index is 12.6. The topological polar surface area (TPSA) is 38.3 Å². The summed E-state index contributed by atoms with van der Waals surface area (Å²) in [7, 11) is 0. The first kappa shape index (κ1) is 22.2. The molecule has 2 aromatic carbocycles. The minimum absolute atomic E-state index is 0.320. The molecule has 2 aromatic heterocycles. The summed E-state index contributed by atoms with van der Waals surface area (Å²) < 4.78 is 6.22. The summed E-state index contributed by atoms with van der Waals surface area (Å²) in [6.07, 6.45) is 1.82. The maximum Gasteiger partial charge on any atom is 0.412 e. The molecule has 33 heavy (non-hydrogen) atoms. The fraction of sp³-hybridized carbons (Fsp3) is 0.222. The van der Waals surface area contributed by atoms with Crippen molar-refractivity contribution in [2.24, 2.45) is 0 Å². The number of carbonyl (C=O) groups is 1. The van der Waals surface area contributed by atoms with Crippen LogP contribution >= 0.6 is 34.3 Å². The van der Waals surface area contributed by atoms with E-state index in [0.29, 0.717) is 10.0 Å². The Kier molecular flexibility index (Phi) is 6.28. The van der Waals surface area contributed by atoms with Crippen molar-refractivity contribution in [2.45, 2.75) is 38.7 Å². The van der Waals surface area contributed by atoms with Crippen LogP contribution in [0.1, 0.15) is 48.5 Å². The van der Waals surface area contributed by atoms with Crippen molar-refractivity contribution in [2.75, 3.05) is 5.32 Å². The summed E-state index contributed by atoms with van der Waals surface area (Å²) in [4.78, 5) is 13.5. The number of nitrogens with one attached hydrogen (secondary N) is 1. The lowest BCUT2D eigenvalue weighted by Gasteiger charge is -2.14. The molecule has 1 fully saturated rings. The molecule has 0 spiro atoms. The highest BCUT2D eigenvalue weighted by atomic mass is 35.5. The number of aryl methyl sites for hydroxylation is 1. The van der Waals surface area contributed by atoms with Gasteiger partial charge in [0.15, 0.2) is 0 Å². The van der Waals surface area contributed by atoms with Crippen LogP contribution in [-0.4, -0.2) is 6.09 Å². The van der Waals surface area contributed by atoms with Gasteiger partial charge in [-0.1, -0.05) is 60.1 Å². The summed E-state index contributed by atoms with van der Waals surface area (Å²) in [6, 6.07) is 19.0. The van der Waals surface area contributed by atoms with Crippen molar-refractivity contribution < 1.29 is 9.53 Å². The van der Waals surface area contributed by atoms with Gasteiger partial charge >= 0.3 is 6.09 Å². The van der Waals surface area contributed by atoms with E-state index in [-0.39, 0.29) is 6.10 Å². The summed E-state index contributed by atoms with van der Waals surface area (Å²) in [5.74, 6) is 0.764. The Morgan fingerprint density at radius 3 is 2.27 bits per heavy atom. The molecule has 0 aliphatic heterocycles. The zero-order chi connectivity index (χ0) is 22.9. The van der Waals surface area contributed by atoms with Crippen molar-refractivity contribution in [1.82, 2.24) is 0 Å². The number of ether oxygens (including phenoxy) is 1. The third-order valence-corrected chi connectivity index (χ3v) is 8.19. The highest BCUT2D eigenvalue weighted by Crippen LogP contribution is 2.42. The van der Waals surface area contributed by atoms with Crippen molar-refractivity contribution in [3.05, 3.63) is 86.4 Å². The number of anilines is 1. The molecule has 0 saturated heterocycles. The average Bonchev–Trinajstić information content (AvgIpc) is 3.47. The highest BCUT2D eigenvalue weighted by Gasteiger charge is 2.23. The molecular weight excluding hydrogens is 470 g/mol. The molecule has 5 rings (SSSR count). The van der Waals surface area contributed by atoms with E-state index in [9.17, 15) is 4.79 Å². The highest BCUT2D eigenvalue weighted by molar-refractivity contribution is 7.20. The van der Waals surface area contributed by atoms with Crippen LogP contribution < -0.4 is 5.32 Å². The Bertz CT molecular complexity index is 1270. The van der Waals surface area contributed by atoms with Gasteiger partial charge in [-0.2, -0.15) is 11.3 Å². The molecule has 1 atom stereocenters. The van der Waals surface area contributed by atoms with Crippen LogP contribution in [0.25, 0.3) is 21.6 Å². The minimum Gasteiger partial charge on any atom is -0.441 e. The van der Waals surface area contributed by atoms with Crippen LogP contribution in [0, 0.1) is 6.92 Å². The SMILES string of the molecule is Cc1cscc1C(C)OC(=O)Nc1cc(Cl)sc1-c1ccc(-c2ccc(C3CC3)cc2)cc1. The number of rotatable bonds is 6. The molecule has 4 aromatic rings. The fourth-order valence-electron chi connectivity index (χ4n) is 4.00. The Hall–Kier alpha value is -2.60. The first-order valence-electron chi connectivity index (χ1n) is 11.0. The molecule has 0 radical (unpaired) electrons. The second-order valence-corrected chi connectivity index (χ2v) is 10.9. The lowest BCUT2D eigenvalue weighted by molar-refractivity contribution is 0.121. The zero-order valence-electron chi connectivity index (χ0n) is 18.4. The number of hydrogen-bond acceptors (Lipinski definition) is 4. The normalized spacial score (nSPS) is 14.2. The number of halogens is 1. The van der Waals surface area contributed by atoms with Gasteiger partial charge in [0.25, 0.3) is 0 Å². The second-order valence-electron chi connectivity index (χ2n) is 8.45. The van der Waals surface area contributed by atoms with Crippen LogP contribution in [0.2, 0.25) is 4.34 Å². The van der Waals surface area contributed by atoms with E-state index in [1.807, 2.05) is 19.2 Å². The summed E-state index contributed by atoms with van der Waals surface area (Å²) in [5.41, 5.74) is 7.62. The Morgan fingerprint density at radius 2 is 1.67 bits per heavy atom. The number of amides is 1. The molecule has 168 valence electrons. The van der Waals surface area contributed by atoms with E-state index in [1.165, 1.54) is 35.3 Å². The van der Waals surface area contributed by atoms with Gasteiger partial charge in [-0.05, 0) is 77.3 Å². The first-order chi connectivity index (χ1) is 16.0. The number of thiophene rings is 2. The largest absolute Gasteiger partial charge is 0.441 e. The maximum absolute atomic E-state index is 12.6. The third kappa shape index (κ3) is 5.01. The molecule has 2 heterocycles. The molecule has 1 aliphatic rings. The minimum atomic E-state index is -0.490. The van der Waals surface area contributed by atoms with E-state index >= 15 is 0 Å². The van der Waals surface area contributed by atoms with Gasteiger partial charge in [0, 0.05) is 5.56 Å². The van der Waals surface area contributed by atoms with Crippen molar-refractivity contribution in [1.29, 1.82) is 0 Å². The lowest BCUT2D eigenvalue weighted by atomic mass is 10.0. The van der Waals surface area contributed by atoms with Gasteiger partial charge in [0.2, 0.25) is 0 Å². The van der Waals surface area contributed by atoms with Gasteiger partial charge in [-0.25, -0.2) is 4.79 Å². The number of hydrogen-bond donors (Lipinski definition) is 1. The molecule has 1 aliphatic carbocycles. The molecular formula is C27H24ClNO2S2. The van der Waals surface area contributed by atoms with Gasteiger partial charge in [-0.15, -0.1) is 11.3 Å². The van der Waals surface area contributed by atoms with Gasteiger partial charge in [0.1, 0.15) is 6.10 Å². The van der Waals surface area contributed by atoms with E-state index in [0.717, 1.165) is 33.0 Å². The van der Waals surface area contributed by atoms with Crippen LogP contribution in [0.15, 0.2) is 65.4 Å². The number of carbonyl (C=O) groups excluding carboxylic acids is 1. The summed E-state index contributed by atoms with van der Waals surface area (Å²) in [6.45, 7) is 3.90. The van der Waals surface area contributed by atoms with Crippen molar-refractivity contribution >= 4 is 46.1 Å². The smallest absolute Gasteiger partial charge is 0.412 e. The first-order valence-corrected chi connectivity index (χ1v) is 13.1. The average molecular weight is 494 g/mol. The molecule has 1 saturated carbocycles. The fourth-order valence-corrected chi connectivity index (χ4v) is 6.12. The second kappa shape index (κ2) is 9.34. The van der Waals surface area contributed by atoms with Crippen LogP contribution in [0.3, 0.4) is 0 Å². The molecule has 1 N–H and O–H groups in total. The van der Waals surface area contributed by atoms with E-state index in [4.69, 9.17) is 16.3 Å². The standard InChI is InChI=1S/C27H24ClNO2S2/c1-16-14-32-15-23(16)17(2)31-27(30)29-24-13-25(28)33-26(24)22-11-9-21(10-12-22)20-7-5-19(6-8-20)18-3-4-18/h5-15,17-18H,3-4H2,1-2H3,(H,29,30). The Morgan fingerprint density at radius 1 is 1.03 bits per heavy atom. The van der Waals surface area contributed by atoms with Crippen molar-refractivity contribution in [3.63, 3.8) is 0 Å². The quantitative estimate of drug-likeness (QED) is 0.290. The van der Waals surface area contributed by atoms with Crippen LogP contribution in [-0.2, 0) is 4.74 Å². The Balaban J connectivity index is 1.30. The van der Waals surface area contributed by atoms with E-state index in [1.54, 1.807) is 17.4 Å². The molecule has 1 amide bonds.